The third kappa shape index (κ3) is 3.26. The summed E-state index contributed by atoms with van der Waals surface area (Å²) in [4.78, 5) is 30.9. The van der Waals surface area contributed by atoms with Crippen molar-refractivity contribution in [2.75, 3.05) is 0 Å². The van der Waals surface area contributed by atoms with E-state index in [1.54, 1.807) is 6.92 Å². The van der Waals surface area contributed by atoms with Crippen molar-refractivity contribution in [3.05, 3.63) is 23.8 Å². The second kappa shape index (κ2) is 5.57. The van der Waals surface area contributed by atoms with Gasteiger partial charge in [-0.15, -0.1) is 0 Å². The molecule has 1 heterocycles. The molecule has 0 saturated carbocycles. The van der Waals surface area contributed by atoms with Gasteiger partial charge in [0, 0.05) is 6.20 Å². The average Bonchev–Trinajstić information content (AvgIpc) is 2.29. The second-order valence-electron chi connectivity index (χ2n) is 4.38. The minimum absolute atomic E-state index is 0.115. The van der Waals surface area contributed by atoms with E-state index in [0.717, 1.165) is 0 Å². The topological polar surface area (TPSA) is 92.2 Å². The Balaban J connectivity index is 2.85. The van der Waals surface area contributed by atoms with Gasteiger partial charge < -0.3 is 10.4 Å². The van der Waals surface area contributed by atoms with E-state index >= 15 is 0 Å². The van der Waals surface area contributed by atoms with Crippen molar-refractivity contribution in [3.63, 3.8) is 0 Å². The largest absolute Gasteiger partial charge is 0.480 e. The average molecular weight is 251 g/mol. The fourth-order valence-corrected chi connectivity index (χ4v) is 1.55. The van der Waals surface area contributed by atoms with E-state index in [2.05, 4.69) is 15.3 Å². The molecule has 6 heteroatoms. The minimum atomic E-state index is -1.28. The number of aryl methyl sites for hydroxylation is 1. The maximum atomic E-state index is 11.9. The summed E-state index contributed by atoms with van der Waals surface area (Å²) in [6.07, 6.45) is 3.81. The highest BCUT2D eigenvalue weighted by Gasteiger charge is 2.34. The van der Waals surface area contributed by atoms with Gasteiger partial charge in [-0.1, -0.05) is 13.3 Å². The minimum Gasteiger partial charge on any atom is -0.480 e. The number of carbonyl (C=O) groups excluding carboxylic acids is 1. The molecule has 1 amide bonds. The molecule has 0 fully saturated rings. The van der Waals surface area contributed by atoms with Crippen molar-refractivity contribution in [2.45, 2.75) is 39.2 Å². The standard InChI is InChI=1S/C12H17N3O3/c1-4-5-12(3,11(17)18)15-10(16)9-7-13-8(2)6-14-9/h6-7H,4-5H2,1-3H3,(H,15,16)(H,17,18). The van der Waals surface area contributed by atoms with Crippen LogP contribution in [0, 0.1) is 6.92 Å². The molecule has 98 valence electrons. The summed E-state index contributed by atoms with van der Waals surface area (Å²) in [5.74, 6) is -1.58. The summed E-state index contributed by atoms with van der Waals surface area (Å²) in [6.45, 7) is 5.10. The SMILES string of the molecule is CCCC(C)(NC(=O)c1cnc(C)cn1)C(=O)O. The zero-order valence-corrected chi connectivity index (χ0v) is 10.7. The zero-order chi connectivity index (χ0) is 13.8. The fourth-order valence-electron chi connectivity index (χ4n) is 1.55. The summed E-state index contributed by atoms with van der Waals surface area (Å²) in [7, 11) is 0. The Hall–Kier alpha value is -1.98. The lowest BCUT2D eigenvalue weighted by Gasteiger charge is -2.25. The van der Waals surface area contributed by atoms with Crippen LogP contribution in [0.1, 0.15) is 42.9 Å². The predicted octanol–water partition coefficient (Wildman–Crippen LogP) is 1.16. The highest BCUT2D eigenvalue weighted by atomic mass is 16.4. The molecule has 0 aromatic carbocycles. The summed E-state index contributed by atoms with van der Waals surface area (Å²) in [5.41, 5.74) is -0.469. The Bertz CT molecular complexity index is 444. The Labute approximate surface area is 105 Å². The summed E-state index contributed by atoms with van der Waals surface area (Å²) in [6, 6.07) is 0. The molecular weight excluding hydrogens is 234 g/mol. The molecule has 1 rings (SSSR count). The predicted molar refractivity (Wildman–Crippen MR) is 65.2 cm³/mol. The zero-order valence-electron chi connectivity index (χ0n) is 10.7. The molecule has 0 aliphatic carbocycles. The van der Waals surface area contributed by atoms with Crippen molar-refractivity contribution < 1.29 is 14.7 Å². The van der Waals surface area contributed by atoms with Gasteiger partial charge in [0.15, 0.2) is 0 Å². The summed E-state index contributed by atoms with van der Waals surface area (Å²) in [5, 5.41) is 11.6. The molecule has 0 aliphatic rings. The molecule has 6 nitrogen and oxygen atoms in total. The van der Waals surface area contributed by atoms with Gasteiger partial charge in [0.25, 0.3) is 5.91 Å². The van der Waals surface area contributed by atoms with Gasteiger partial charge >= 0.3 is 5.97 Å². The molecule has 0 radical (unpaired) electrons. The lowest BCUT2D eigenvalue weighted by molar-refractivity contribution is -0.144. The number of nitrogens with zero attached hydrogens (tertiary/aromatic N) is 2. The van der Waals surface area contributed by atoms with Crippen molar-refractivity contribution in [2.24, 2.45) is 0 Å². The van der Waals surface area contributed by atoms with E-state index in [-0.39, 0.29) is 5.69 Å². The molecule has 1 aromatic rings. The summed E-state index contributed by atoms with van der Waals surface area (Å²) < 4.78 is 0. The Morgan fingerprint density at radius 3 is 2.50 bits per heavy atom. The van der Waals surface area contributed by atoms with Crippen molar-refractivity contribution in [1.82, 2.24) is 15.3 Å². The van der Waals surface area contributed by atoms with Crippen LogP contribution in [-0.2, 0) is 4.79 Å². The molecule has 0 saturated heterocycles. The molecule has 0 aliphatic heterocycles. The molecule has 18 heavy (non-hydrogen) atoms. The van der Waals surface area contributed by atoms with Crippen LogP contribution in [0.2, 0.25) is 0 Å². The number of rotatable bonds is 5. The number of carboxylic acid groups (broad SMARTS) is 1. The van der Waals surface area contributed by atoms with E-state index in [1.165, 1.54) is 19.3 Å². The number of hydrogen-bond donors (Lipinski definition) is 2. The first kappa shape index (κ1) is 14.1. The van der Waals surface area contributed by atoms with Crippen LogP contribution in [0.15, 0.2) is 12.4 Å². The first-order chi connectivity index (χ1) is 8.39. The molecule has 1 atom stereocenters. The van der Waals surface area contributed by atoms with Crippen LogP contribution in [0.4, 0.5) is 0 Å². The highest BCUT2D eigenvalue weighted by molar-refractivity contribution is 5.96. The quantitative estimate of drug-likeness (QED) is 0.819. The number of hydrogen-bond acceptors (Lipinski definition) is 4. The maximum Gasteiger partial charge on any atom is 0.329 e. The van der Waals surface area contributed by atoms with Gasteiger partial charge in [-0.05, 0) is 20.3 Å². The number of carbonyl (C=O) groups is 2. The lowest BCUT2D eigenvalue weighted by Crippen LogP contribution is -2.52. The van der Waals surface area contributed by atoms with Gasteiger partial charge in [-0.3, -0.25) is 9.78 Å². The smallest absolute Gasteiger partial charge is 0.329 e. The Kier molecular flexibility index (Phi) is 4.36. The Morgan fingerprint density at radius 1 is 1.39 bits per heavy atom. The van der Waals surface area contributed by atoms with Crippen LogP contribution < -0.4 is 5.32 Å². The van der Waals surface area contributed by atoms with Gasteiger partial charge in [0.1, 0.15) is 11.2 Å². The number of nitrogens with one attached hydrogen (secondary N) is 1. The van der Waals surface area contributed by atoms with Crippen molar-refractivity contribution >= 4 is 11.9 Å². The van der Waals surface area contributed by atoms with Crippen LogP contribution in [-0.4, -0.2) is 32.5 Å². The first-order valence-electron chi connectivity index (χ1n) is 5.73. The van der Waals surface area contributed by atoms with Crippen LogP contribution >= 0.6 is 0 Å². The van der Waals surface area contributed by atoms with Gasteiger partial charge in [-0.2, -0.15) is 0 Å². The van der Waals surface area contributed by atoms with Crippen molar-refractivity contribution in [1.29, 1.82) is 0 Å². The van der Waals surface area contributed by atoms with E-state index in [1.807, 2.05) is 6.92 Å². The van der Waals surface area contributed by atoms with Gasteiger partial charge in [-0.25, -0.2) is 9.78 Å². The third-order valence-corrected chi connectivity index (χ3v) is 2.63. The molecule has 0 spiro atoms. The Morgan fingerprint density at radius 2 is 2.06 bits per heavy atom. The molecular formula is C12H17N3O3. The highest BCUT2D eigenvalue weighted by Crippen LogP contribution is 2.13. The number of aromatic nitrogens is 2. The van der Waals surface area contributed by atoms with Crippen LogP contribution in [0.25, 0.3) is 0 Å². The van der Waals surface area contributed by atoms with Crippen LogP contribution in [0.3, 0.4) is 0 Å². The van der Waals surface area contributed by atoms with E-state index in [9.17, 15) is 9.59 Å². The first-order valence-corrected chi connectivity index (χ1v) is 5.73. The normalized spacial score (nSPS) is 13.7. The summed E-state index contributed by atoms with van der Waals surface area (Å²) >= 11 is 0. The van der Waals surface area contributed by atoms with E-state index in [0.29, 0.717) is 18.5 Å². The lowest BCUT2D eigenvalue weighted by atomic mass is 9.96. The molecule has 1 unspecified atom stereocenters. The molecule has 2 N–H and O–H groups in total. The monoisotopic (exact) mass is 251 g/mol. The van der Waals surface area contributed by atoms with Gasteiger partial charge in [0.2, 0.25) is 0 Å². The van der Waals surface area contributed by atoms with Crippen molar-refractivity contribution in [3.8, 4) is 0 Å². The number of carboxylic acids is 1. The van der Waals surface area contributed by atoms with E-state index in [4.69, 9.17) is 5.11 Å². The molecule has 1 aromatic heterocycles. The third-order valence-electron chi connectivity index (χ3n) is 2.63. The maximum absolute atomic E-state index is 11.9. The van der Waals surface area contributed by atoms with Crippen LogP contribution in [0.5, 0.6) is 0 Å². The molecule has 0 bridgehead atoms. The number of amides is 1. The van der Waals surface area contributed by atoms with Gasteiger partial charge in [0.05, 0.1) is 11.9 Å². The number of aliphatic carboxylic acids is 1. The second-order valence-corrected chi connectivity index (χ2v) is 4.38. The van der Waals surface area contributed by atoms with E-state index < -0.39 is 17.4 Å². The fraction of sp³-hybridized carbons (Fsp3) is 0.500.